The minimum atomic E-state index is -0.634. The van der Waals surface area contributed by atoms with E-state index in [1.165, 1.54) is 5.56 Å². The lowest BCUT2D eigenvalue weighted by Gasteiger charge is -2.28. The van der Waals surface area contributed by atoms with Crippen molar-refractivity contribution >= 4 is 5.91 Å². The zero-order valence-electron chi connectivity index (χ0n) is 12.2. The van der Waals surface area contributed by atoms with Crippen LogP contribution in [0.5, 0.6) is 0 Å². The maximum atomic E-state index is 11.6. The Labute approximate surface area is 120 Å². The first-order chi connectivity index (χ1) is 9.56. The van der Waals surface area contributed by atoms with Crippen molar-refractivity contribution in [3.05, 3.63) is 35.4 Å². The van der Waals surface area contributed by atoms with Crippen LogP contribution in [0.4, 0.5) is 0 Å². The first kappa shape index (κ1) is 15.0. The van der Waals surface area contributed by atoms with E-state index in [0.29, 0.717) is 25.6 Å². The Kier molecular flexibility index (Phi) is 5.15. The third kappa shape index (κ3) is 4.05. The van der Waals surface area contributed by atoms with Crippen LogP contribution in [-0.4, -0.2) is 42.2 Å². The van der Waals surface area contributed by atoms with Crippen molar-refractivity contribution in [2.75, 3.05) is 26.3 Å². The molecule has 0 saturated carbocycles. The molecule has 1 fully saturated rings. The fraction of sp³-hybridized carbons (Fsp3) is 0.562. The fourth-order valence-electron chi connectivity index (χ4n) is 2.40. The summed E-state index contributed by atoms with van der Waals surface area (Å²) in [6.45, 7) is 5.94. The molecule has 0 spiro atoms. The number of amides is 1. The minimum Gasteiger partial charge on any atom is -0.387 e. The first-order valence-electron chi connectivity index (χ1n) is 7.18. The van der Waals surface area contributed by atoms with Gasteiger partial charge in [-0.05, 0) is 23.5 Å². The van der Waals surface area contributed by atoms with Gasteiger partial charge >= 0.3 is 0 Å². The SMILES string of the molecule is CC(C)Cc1ccc(C(O)CN2CCOCC2=O)cc1. The molecule has 1 atom stereocenters. The number of ether oxygens (including phenoxy) is 1. The Morgan fingerprint density at radius 1 is 1.30 bits per heavy atom. The number of carbonyl (C=O) groups is 1. The van der Waals surface area contributed by atoms with Gasteiger partial charge in [-0.1, -0.05) is 38.1 Å². The molecule has 1 N–H and O–H groups in total. The molecule has 1 aromatic carbocycles. The molecule has 0 aromatic heterocycles. The second kappa shape index (κ2) is 6.86. The third-order valence-electron chi connectivity index (χ3n) is 3.49. The van der Waals surface area contributed by atoms with Gasteiger partial charge in [0.05, 0.1) is 19.3 Å². The Morgan fingerprint density at radius 3 is 2.60 bits per heavy atom. The van der Waals surface area contributed by atoms with Gasteiger partial charge in [0.1, 0.15) is 6.61 Å². The molecule has 4 nitrogen and oxygen atoms in total. The summed E-state index contributed by atoms with van der Waals surface area (Å²) < 4.78 is 5.08. The standard InChI is InChI=1S/C16H23NO3/c1-12(2)9-13-3-5-14(6-4-13)15(18)10-17-7-8-20-11-16(17)19/h3-6,12,15,18H,7-11H2,1-2H3. The zero-order chi connectivity index (χ0) is 14.5. The van der Waals surface area contributed by atoms with Crippen molar-refractivity contribution in [3.8, 4) is 0 Å². The van der Waals surface area contributed by atoms with Crippen LogP contribution in [0.25, 0.3) is 0 Å². The number of β-amino-alcohol motifs (C(OH)–C–C–N with tert-alkyl or cyclic N) is 1. The molecule has 20 heavy (non-hydrogen) atoms. The molecule has 0 bridgehead atoms. The van der Waals surface area contributed by atoms with E-state index in [9.17, 15) is 9.90 Å². The molecular weight excluding hydrogens is 254 g/mol. The van der Waals surface area contributed by atoms with Crippen LogP contribution in [-0.2, 0) is 16.0 Å². The van der Waals surface area contributed by atoms with Crippen LogP contribution in [0.15, 0.2) is 24.3 Å². The topological polar surface area (TPSA) is 49.8 Å². The van der Waals surface area contributed by atoms with E-state index < -0.39 is 6.10 Å². The van der Waals surface area contributed by atoms with E-state index in [2.05, 4.69) is 26.0 Å². The fourth-order valence-corrected chi connectivity index (χ4v) is 2.40. The number of rotatable bonds is 5. The molecule has 1 aliphatic heterocycles. The van der Waals surface area contributed by atoms with E-state index in [1.54, 1.807) is 4.90 Å². The first-order valence-corrected chi connectivity index (χ1v) is 7.18. The van der Waals surface area contributed by atoms with Crippen LogP contribution in [0.3, 0.4) is 0 Å². The van der Waals surface area contributed by atoms with Gasteiger partial charge in [-0.15, -0.1) is 0 Å². The molecule has 1 aliphatic rings. The third-order valence-corrected chi connectivity index (χ3v) is 3.49. The van der Waals surface area contributed by atoms with Gasteiger partial charge in [-0.3, -0.25) is 4.79 Å². The Morgan fingerprint density at radius 2 is 2.00 bits per heavy atom. The second-order valence-corrected chi connectivity index (χ2v) is 5.75. The van der Waals surface area contributed by atoms with E-state index in [4.69, 9.17) is 4.74 Å². The van der Waals surface area contributed by atoms with E-state index in [-0.39, 0.29) is 12.5 Å². The Balaban J connectivity index is 1.94. The maximum absolute atomic E-state index is 11.6. The molecule has 1 saturated heterocycles. The molecule has 4 heteroatoms. The van der Waals surface area contributed by atoms with Crippen LogP contribution in [0.1, 0.15) is 31.1 Å². The Bertz CT molecular complexity index is 442. The summed E-state index contributed by atoms with van der Waals surface area (Å²) in [4.78, 5) is 13.3. The monoisotopic (exact) mass is 277 g/mol. The number of morpholine rings is 1. The van der Waals surface area contributed by atoms with Crippen LogP contribution in [0.2, 0.25) is 0 Å². The highest BCUT2D eigenvalue weighted by Crippen LogP contribution is 2.17. The zero-order valence-corrected chi connectivity index (χ0v) is 12.2. The molecular formula is C16H23NO3. The van der Waals surface area contributed by atoms with Gasteiger partial charge in [-0.2, -0.15) is 0 Å². The molecule has 0 radical (unpaired) electrons. The van der Waals surface area contributed by atoms with Gasteiger partial charge in [0.25, 0.3) is 0 Å². The molecule has 0 aliphatic carbocycles. The van der Waals surface area contributed by atoms with Crippen LogP contribution in [0, 0.1) is 5.92 Å². The Hall–Kier alpha value is -1.39. The highest BCUT2D eigenvalue weighted by Gasteiger charge is 2.21. The predicted octanol–water partition coefficient (Wildman–Crippen LogP) is 1.78. The molecule has 1 unspecified atom stereocenters. The molecule has 2 rings (SSSR count). The number of hydrogen-bond donors (Lipinski definition) is 1. The van der Waals surface area contributed by atoms with Gasteiger partial charge in [-0.25, -0.2) is 0 Å². The van der Waals surface area contributed by atoms with Crippen molar-refractivity contribution in [1.82, 2.24) is 4.90 Å². The predicted molar refractivity (Wildman–Crippen MR) is 77.3 cm³/mol. The molecule has 110 valence electrons. The second-order valence-electron chi connectivity index (χ2n) is 5.75. The highest BCUT2D eigenvalue weighted by molar-refractivity contribution is 5.78. The average molecular weight is 277 g/mol. The number of aliphatic hydroxyl groups excluding tert-OH is 1. The summed E-state index contributed by atoms with van der Waals surface area (Å²) in [6.07, 6.45) is 0.406. The lowest BCUT2D eigenvalue weighted by atomic mass is 10.00. The highest BCUT2D eigenvalue weighted by atomic mass is 16.5. The lowest BCUT2D eigenvalue weighted by molar-refractivity contribution is -0.144. The summed E-state index contributed by atoms with van der Waals surface area (Å²) in [6, 6.07) is 8.01. The summed E-state index contributed by atoms with van der Waals surface area (Å²) in [7, 11) is 0. The number of nitrogens with zero attached hydrogens (tertiary/aromatic N) is 1. The summed E-state index contributed by atoms with van der Waals surface area (Å²) in [5, 5.41) is 10.2. The normalized spacial score (nSPS) is 17.6. The number of carbonyl (C=O) groups excluding carboxylic acids is 1. The minimum absolute atomic E-state index is 0.0493. The van der Waals surface area contributed by atoms with Gasteiger partial charge in [0.15, 0.2) is 0 Å². The van der Waals surface area contributed by atoms with Gasteiger partial charge in [0, 0.05) is 6.54 Å². The lowest BCUT2D eigenvalue weighted by Crippen LogP contribution is -2.43. The number of aliphatic hydroxyl groups is 1. The van der Waals surface area contributed by atoms with Gasteiger partial charge in [0.2, 0.25) is 5.91 Å². The van der Waals surface area contributed by atoms with Crippen LogP contribution >= 0.6 is 0 Å². The van der Waals surface area contributed by atoms with Crippen molar-refractivity contribution in [2.24, 2.45) is 5.92 Å². The van der Waals surface area contributed by atoms with Crippen molar-refractivity contribution < 1.29 is 14.6 Å². The van der Waals surface area contributed by atoms with Crippen LogP contribution < -0.4 is 0 Å². The molecule has 1 amide bonds. The van der Waals surface area contributed by atoms with E-state index in [1.807, 2.05) is 12.1 Å². The molecule has 1 heterocycles. The maximum Gasteiger partial charge on any atom is 0.248 e. The number of hydrogen-bond acceptors (Lipinski definition) is 3. The van der Waals surface area contributed by atoms with Crippen molar-refractivity contribution in [3.63, 3.8) is 0 Å². The van der Waals surface area contributed by atoms with Crippen molar-refractivity contribution in [1.29, 1.82) is 0 Å². The summed E-state index contributed by atoms with van der Waals surface area (Å²) in [5.41, 5.74) is 2.13. The number of benzene rings is 1. The average Bonchev–Trinajstić information content (AvgIpc) is 2.41. The van der Waals surface area contributed by atoms with Gasteiger partial charge < -0.3 is 14.7 Å². The quantitative estimate of drug-likeness (QED) is 0.892. The van der Waals surface area contributed by atoms with Crippen molar-refractivity contribution in [2.45, 2.75) is 26.4 Å². The summed E-state index contributed by atoms with van der Waals surface area (Å²) in [5.74, 6) is 0.573. The summed E-state index contributed by atoms with van der Waals surface area (Å²) >= 11 is 0. The largest absolute Gasteiger partial charge is 0.387 e. The van der Waals surface area contributed by atoms with E-state index >= 15 is 0 Å². The smallest absolute Gasteiger partial charge is 0.248 e. The molecule has 1 aromatic rings. The van der Waals surface area contributed by atoms with E-state index in [0.717, 1.165) is 12.0 Å².